The summed E-state index contributed by atoms with van der Waals surface area (Å²) in [6, 6.07) is 8.44. The van der Waals surface area contributed by atoms with Crippen molar-refractivity contribution in [1.29, 1.82) is 0 Å². The highest BCUT2D eigenvalue weighted by Crippen LogP contribution is 2.27. The molecule has 0 aliphatic carbocycles. The smallest absolute Gasteiger partial charge is 0.0703 e. The highest BCUT2D eigenvalue weighted by molar-refractivity contribution is 5.59. The molecular formula is C16H19N3O. The van der Waals surface area contributed by atoms with Crippen LogP contribution < -0.4 is 10.2 Å². The molecule has 3 rings (SSSR count). The Hall–Kier alpha value is -2.07. The van der Waals surface area contributed by atoms with Crippen LogP contribution in [0.5, 0.6) is 0 Å². The van der Waals surface area contributed by atoms with Gasteiger partial charge in [0.15, 0.2) is 0 Å². The van der Waals surface area contributed by atoms with Gasteiger partial charge in [0.05, 0.1) is 18.5 Å². The number of hydrogen-bond acceptors (Lipinski definition) is 4. The SMILES string of the molecule is CN1CCc2cc(CNc3cnccc3CO)ccc21. The van der Waals surface area contributed by atoms with Gasteiger partial charge in [-0.3, -0.25) is 4.98 Å². The number of anilines is 2. The van der Waals surface area contributed by atoms with E-state index in [1.165, 1.54) is 16.8 Å². The summed E-state index contributed by atoms with van der Waals surface area (Å²) >= 11 is 0. The summed E-state index contributed by atoms with van der Waals surface area (Å²) in [5.74, 6) is 0. The molecule has 2 heterocycles. The minimum Gasteiger partial charge on any atom is -0.392 e. The lowest BCUT2D eigenvalue weighted by Gasteiger charge is -2.13. The van der Waals surface area contributed by atoms with Crippen LogP contribution in [0, 0.1) is 0 Å². The first-order valence-electron chi connectivity index (χ1n) is 6.88. The van der Waals surface area contributed by atoms with Crippen LogP contribution in [0.15, 0.2) is 36.7 Å². The molecule has 0 spiro atoms. The summed E-state index contributed by atoms with van der Waals surface area (Å²) in [6.45, 7) is 1.87. The van der Waals surface area contributed by atoms with Crippen LogP contribution in [0.3, 0.4) is 0 Å². The van der Waals surface area contributed by atoms with Crippen LogP contribution in [0.4, 0.5) is 11.4 Å². The third kappa shape index (κ3) is 2.47. The van der Waals surface area contributed by atoms with Gasteiger partial charge in [-0.2, -0.15) is 0 Å². The van der Waals surface area contributed by atoms with E-state index < -0.39 is 0 Å². The number of aromatic nitrogens is 1. The van der Waals surface area contributed by atoms with Gasteiger partial charge in [-0.25, -0.2) is 0 Å². The number of nitrogens with one attached hydrogen (secondary N) is 1. The normalized spacial score (nSPS) is 13.4. The lowest BCUT2D eigenvalue weighted by atomic mass is 10.1. The molecule has 2 aromatic rings. The summed E-state index contributed by atoms with van der Waals surface area (Å²) in [5, 5.41) is 12.6. The second-order valence-electron chi connectivity index (χ2n) is 5.18. The van der Waals surface area contributed by atoms with Gasteiger partial charge in [0.1, 0.15) is 0 Å². The first-order chi connectivity index (χ1) is 9.78. The van der Waals surface area contributed by atoms with E-state index in [0.717, 1.165) is 30.8 Å². The maximum Gasteiger partial charge on any atom is 0.0703 e. The first-order valence-corrected chi connectivity index (χ1v) is 6.88. The molecular weight excluding hydrogens is 250 g/mol. The molecule has 0 radical (unpaired) electrons. The Morgan fingerprint density at radius 2 is 2.25 bits per heavy atom. The quantitative estimate of drug-likeness (QED) is 0.893. The molecule has 0 unspecified atom stereocenters. The van der Waals surface area contributed by atoms with E-state index in [-0.39, 0.29) is 6.61 Å². The summed E-state index contributed by atoms with van der Waals surface area (Å²) in [7, 11) is 2.13. The molecule has 1 aliphatic rings. The van der Waals surface area contributed by atoms with Gasteiger partial charge in [0, 0.05) is 37.6 Å². The lowest BCUT2D eigenvalue weighted by molar-refractivity contribution is 0.282. The third-order valence-corrected chi connectivity index (χ3v) is 3.84. The highest BCUT2D eigenvalue weighted by atomic mass is 16.3. The van der Waals surface area contributed by atoms with Crippen molar-refractivity contribution >= 4 is 11.4 Å². The molecule has 0 saturated heterocycles. The Balaban J connectivity index is 1.73. The molecule has 0 atom stereocenters. The number of pyridine rings is 1. The Labute approximate surface area is 119 Å². The fraction of sp³-hybridized carbons (Fsp3) is 0.312. The fourth-order valence-corrected chi connectivity index (χ4v) is 2.65. The van der Waals surface area contributed by atoms with Gasteiger partial charge in [0.25, 0.3) is 0 Å². The van der Waals surface area contributed by atoms with Gasteiger partial charge >= 0.3 is 0 Å². The van der Waals surface area contributed by atoms with Crippen molar-refractivity contribution in [2.75, 3.05) is 23.8 Å². The topological polar surface area (TPSA) is 48.4 Å². The van der Waals surface area contributed by atoms with Gasteiger partial charge in [-0.05, 0) is 29.7 Å². The van der Waals surface area contributed by atoms with E-state index >= 15 is 0 Å². The van der Waals surface area contributed by atoms with Crippen molar-refractivity contribution in [1.82, 2.24) is 4.98 Å². The standard InChI is InChI=1S/C16H19N3O/c1-19-7-5-13-8-12(2-3-16(13)19)9-18-15-10-17-6-4-14(15)11-20/h2-4,6,8,10,18,20H,5,7,9,11H2,1H3. The van der Waals surface area contributed by atoms with E-state index in [9.17, 15) is 5.11 Å². The second-order valence-corrected chi connectivity index (χ2v) is 5.18. The Kier molecular flexibility index (Phi) is 3.56. The van der Waals surface area contributed by atoms with Crippen molar-refractivity contribution in [2.24, 2.45) is 0 Å². The molecule has 0 bridgehead atoms. The number of aliphatic hydroxyl groups is 1. The van der Waals surface area contributed by atoms with Crippen LogP contribution in [0.2, 0.25) is 0 Å². The number of nitrogens with zero attached hydrogens (tertiary/aromatic N) is 2. The zero-order chi connectivity index (χ0) is 13.9. The second kappa shape index (κ2) is 5.51. The monoisotopic (exact) mass is 269 g/mol. The number of aliphatic hydroxyl groups excluding tert-OH is 1. The van der Waals surface area contributed by atoms with E-state index in [0.29, 0.717) is 0 Å². The summed E-state index contributed by atoms with van der Waals surface area (Å²) in [6.07, 6.45) is 4.57. The van der Waals surface area contributed by atoms with E-state index in [4.69, 9.17) is 0 Å². The maximum atomic E-state index is 9.30. The summed E-state index contributed by atoms with van der Waals surface area (Å²) in [4.78, 5) is 6.38. The molecule has 104 valence electrons. The predicted octanol–water partition coefficient (Wildman–Crippen LogP) is 2.18. The summed E-state index contributed by atoms with van der Waals surface area (Å²) < 4.78 is 0. The van der Waals surface area contributed by atoms with Crippen LogP contribution in [-0.2, 0) is 19.6 Å². The Morgan fingerprint density at radius 1 is 1.35 bits per heavy atom. The first kappa shape index (κ1) is 12.9. The number of rotatable bonds is 4. The van der Waals surface area contributed by atoms with Gasteiger partial charge in [-0.1, -0.05) is 12.1 Å². The molecule has 20 heavy (non-hydrogen) atoms. The third-order valence-electron chi connectivity index (χ3n) is 3.84. The lowest BCUT2D eigenvalue weighted by Crippen LogP contribution is -2.12. The largest absolute Gasteiger partial charge is 0.392 e. The number of hydrogen-bond donors (Lipinski definition) is 2. The van der Waals surface area contributed by atoms with Gasteiger partial charge in [0.2, 0.25) is 0 Å². The molecule has 4 heteroatoms. The Morgan fingerprint density at radius 3 is 3.10 bits per heavy atom. The van der Waals surface area contributed by atoms with Crippen molar-refractivity contribution in [3.8, 4) is 0 Å². The fourth-order valence-electron chi connectivity index (χ4n) is 2.65. The van der Waals surface area contributed by atoms with Crippen LogP contribution >= 0.6 is 0 Å². The molecule has 0 saturated carbocycles. The average molecular weight is 269 g/mol. The summed E-state index contributed by atoms with van der Waals surface area (Å²) in [5.41, 5.74) is 5.78. The van der Waals surface area contributed by atoms with Crippen LogP contribution in [0.25, 0.3) is 0 Å². The van der Waals surface area contributed by atoms with E-state index in [1.807, 2.05) is 6.07 Å². The Bertz CT molecular complexity index is 612. The molecule has 1 aromatic heterocycles. The minimum atomic E-state index is 0.0276. The number of benzene rings is 1. The predicted molar refractivity (Wildman–Crippen MR) is 80.9 cm³/mol. The number of fused-ring (bicyclic) bond motifs is 1. The zero-order valence-corrected chi connectivity index (χ0v) is 11.6. The van der Waals surface area contributed by atoms with E-state index in [2.05, 4.69) is 40.4 Å². The average Bonchev–Trinajstić information content (AvgIpc) is 2.86. The van der Waals surface area contributed by atoms with Crippen molar-refractivity contribution < 1.29 is 5.11 Å². The molecule has 0 amide bonds. The zero-order valence-electron chi connectivity index (χ0n) is 11.6. The van der Waals surface area contributed by atoms with Crippen LogP contribution in [0.1, 0.15) is 16.7 Å². The molecule has 0 fully saturated rings. The van der Waals surface area contributed by atoms with E-state index in [1.54, 1.807) is 12.4 Å². The van der Waals surface area contributed by atoms with Crippen molar-refractivity contribution in [3.63, 3.8) is 0 Å². The van der Waals surface area contributed by atoms with Gasteiger partial charge in [-0.15, -0.1) is 0 Å². The molecule has 2 N–H and O–H groups in total. The van der Waals surface area contributed by atoms with Crippen LogP contribution in [-0.4, -0.2) is 23.7 Å². The van der Waals surface area contributed by atoms with Gasteiger partial charge < -0.3 is 15.3 Å². The molecule has 1 aliphatic heterocycles. The highest BCUT2D eigenvalue weighted by Gasteiger charge is 2.15. The molecule has 1 aromatic carbocycles. The maximum absolute atomic E-state index is 9.30. The number of likely N-dealkylation sites (N-methyl/N-ethyl adjacent to an activating group) is 1. The minimum absolute atomic E-state index is 0.0276. The van der Waals surface area contributed by atoms with Crippen molar-refractivity contribution in [2.45, 2.75) is 19.6 Å². The molecule has 4 nitrogen and oxygen atoms in total. The van der Waals surface area contributed by atoms with Crippen molar-refractivity contribution in [3.05, 3.63) is 53.3 Å².